The van der Waals surface area contributed by atoms with Gasteiger partial charge in [0.15, 0.2) is 11.5 Å². The number of carbonyl (C=O) groups is 3. The molecule has 1 fully saturated rings. The molecular formula is C24H25ClN2O5S. The van der Waals surface area contributed by atoms with E-state index in [2.05, 4.69) is 5.32 Å². The van der Waals surface area contributed by atoms with Crippen molar-refractivity contribution in [1.29, 1.82) is 0 Å². The Morgan fingerprint density at radius 2 is 2.03 bits per heavy atom. The summed E-state index contributed by atoms with van der Waals surface area (Å²) in [5.41, 5.74) is 2.16. The number of anilines is 1. The highest BCUT2D eigenvalue weighted by Crippen LogP contribution is 2.39. The van der Waals surface area contributed by atoms with Crippen molar-refractivity contribution >= 4 is 52.2 Å². The Bertz CT molecular complexity index is 1120. The molecule has 33 heavy (non-hydrogen) atoms. The zero-order valence-electron chi connectivity index (χ0n) is 18.8. The lowest BCUT2D eigenvalue weighted by atomic mass is 10.1. The average molecular weight is 489 g/mol. The summed E-state index contributed by atoms with van der Waals surface area (Å²) >= 11 is 7.16. The quantitative estimate of drug-likeness (QED) is 0.493. The number of benzene rings is 2. The number of methoxy groups -OCH3 is 1. The highest BCUT2D eigenvalue weighted by atomic mass is 35.5. The van der Waals surface area contributed by atoms with E-state index in [1.165, 1.54) is 7.11 Å². The molecule has 1 aliphatic heterocycles. The van der Waals surface area contributed by atoms with Crippen LogP contribution in [0, 0.1) is 6.92 Å². The molecule has 0 spiro atoms. The summed E-state index contributed by atoms with van der Waals surface area (Å²) in [6.07, 6.45) is 2.29. The van der Waals surface area contributed by atoms with E-state index in [1.54, 1.807) is 30.3 Å². The van der Waals surface area contributed by atoms with Gasteiger partial charge >= 0.3 is 0 Å². The molecule has 3 amide bonds. The number of imide groups is 1. The minimum atomic E-state index is -0.542. The first-order chi connectivity index (χ1) is 15.7. The number of rotatable bonds is 8. The maximum absolute atomic E-state index is 12.8. The van der Waals surface area contributed by atoms with Crippen LogP contribution in [0.15, 0.2) is 41.3 Å². The number of nitrogens with one attached hydrogen (secondary N) is 1. The Kier molecular flexibility index (Phi) is 8.05. The van der Waals surface area contributed by atoms with E-state index in [4.69, 9.17) is 21.1 Å². The molecule has 0 aromatic heterocycles. The van der Waals surface area contributed by atoms with Gasteiger partial charge in [-0.3, -0.25) is 19.3 Å². The maximum atomic E-state index is 12.8. The third-order valence-corrected chi connectivity index (χ3v) is 6.11. The van der Waals surface area contributed by atoms with Crippen molar-refractivity contribution in [3.05, 3.63) is 57.5 Å². The second-order valence-corrected chi connectivity index (χ2v) is 8.96. The number of aryl methyl sites for hydroxylation is 1. The number of amides is 3. The second kappa shape index (κ2) is 10.8. The number of nitrogens with zero attached hydrogens (tertiary/aromatic N) is 1. The van der Waals surface area contributed by atoms with Gasteiger partial charge in [-0.1, -0.05) is 30.7 Å². The number of hydrogen-bond acceptors (Lipinski definition) is 6. The Labute approximate surface area is 202 Å². The van der Waals surface area contributed by atoms with Crippen molar-refractivity contribution in [2.45, 2.75) is 33.3 Å². The van der Waals surface area contributed by atoms with Crippen molar-refractivity contribution < 1.29 is 23.9 Å². The summed E-state index contributed by atoms with van der Waals surface area (Å²) in [7, 11) is 1.50. The molecule has 7 nitrogen and oxygen atoms in total. The fourth-order valence-electron chi connectivity index (χ4n) is 3.08. The van der Waals surface area contributed by atoms with Crippen LogP contribution in [0.2, 0.25) is 5.02 Å². The topological polar surface area (TPSA) is 84.9 Å². The Morgan fingerprint density at radius 1 is 1.27 bits per heavy atom. The lowest BCUT2D eigenvalue weighted by Gasteiger charge is -2.17. The number of halogens is 1. The Hall–Kier alpha value is -2.97. The molecule has 1 N–H and O–H groups in total. The predicted octanol–water partition coefficient (Wildman–Crippen LogP) is 5.51. The molecule has 1 heterocycles. The SMILES string of the molecule is CCC(C)Oc1c(Cl)cc(C=C2SC(=O)N(CC(=O)Nc3cccc(C)c3)C2=O)cc1OC. The van der Waals surface area contributed by atoms with E-state index in [0.717, 1.165) is 28.6 Å². The Morgan fingerprint density at radius 3 is 2.70 bits per heavy atom. The minimum absolute atomic E-state index is 0.0512. The molecule has 0 bridgehead atoms. The van der Waals surface area contributed by atoms with Gasteiger partial charge in [-0.15, -0.1) is 0 Å². The van der Waals surface area contributed by atoms with Crippen LogP contribution in [0.4, 0.5) is 10.5 Å². The van der Waals surface area contributed by atoms with Crippen LogP contribution in [0.3, 0.4) is 0 Å². The lowest BCUT2D eigenvalue weighted by molar-refractivity contribution is -0.127. The molecule has 2 aromatic carbocycles. The fraction of sp³-hybridized carbons (Fsp3) is 0.292. The molecule has 1 unspecified atom stereocenters. The van der Waals surface area contributed by atoms with Gasteiger partial charge in [-0.25, -0.2) is 0 Å². The number of thioether (sulfide) groups is 1. The molecule has 0 saturated carbocycles. The van der Waals surface area contributed by atoms with Crippen molar-refractivity contribution in [2.75, 3.05) is 19.0 Å². The maximum Gasteiger partial charge on any atom is 0.294 e. The Balaban J connectivity index is 1.76. The first kappa shape index (κ1) is 24.7. The van der Waals surface area contributed by atoms with Crippen molar-refractivity contribution in [3.63, 3.8) is 0 Å². The molecule has 0 aliphatic carbocycles. The monoisotopic (exact) mass is 488 g/mol. The molecule has 1 aliphatic rings. The van der Waals surface area contributed by atoms with Gasteiger partial charge in [0.2, 0.25) is 5.91 Å². The van der Waals surface area contributed by atoms with Crippen LogP contribution in [-0.2, 0) is 9.59 Å². The highest BCUT2D eigenvalue weighted by molar-refractivity contribution is 8.18. The van der Waals surface area contributed by atoms with Gasteiger partial charge in [-0.2, -0.15) is 0 Å². The zero-order chi connectivity index (χ0) is 24.1. The third-order valence-electron chi connectivity index (χ3n) is 4.92. The van der Waals surface area contributed by atoms with E-state index in [0.29, 0.717) is 27.8 Å². The average Bonchev–Trinajstić information content (AvgIpc) is 3.02. The van der Waals surface area contributed by atoms with E-state index in [1.807, 2.05) is 32.9 Å². The van der Waals surface area contributed by atoms with Gasteiger partial charge in [0.1, 0.15) is 6.54 Å². The van der Waals surface area contributed by atoms with Crippen LogP contribution >= 0.6 is 23.4 Å². The lowest BCUT2D eigenvalue weighted by Crippen LogP contribution is -2.36. The van der Waals surface area contributed by atoms with E-state index >= 15 is 0 Å². The molecular weight excluding hydrogens is 464 g/mol. The van der Waals surface area contributed by atoms with E-state index in [-0.39, 0.29) is 17.6 Å². The van der Waals surface area contributed by atoms with E-state index < -0.39 is 17.1 Å². The number of carbonyl (C=O) groups excluding carboxylic acids is 3. The molecule has 3 rings (SSSR count). The molecule has 1 atom stereocenters. The minimum Gasteiger partial charge on any atom is -0.493 e. The molecule has 174 valence electrons. The molecule has 1 saturated heterocycles. The summed E-state index contributed by atoms with van der Waals surface area (Å²) in [6, 6.07) is 10.6. The highest BCUT2D eigenvalue weighted by Gasteiger charge is 2.36. The predicted molar refractivity (Wildman–Crippen MR) is 131 cm³/mol. The zero-order valence-corrected chi connectivity index (χ0v) is 20.4. The van der Waals surface area contributed by atoms with Crippen LogP contribution in [-0.4, -0.2) is 41.7 Å². The van der Waals surface area contributed by atoms with Crippen molar-refractivity contribution in [3.8, 4) is 11.5 Å². The van der Waals surface area contributed by atoms with Gasteiger partial charge in [-0.05, 0) is 73.5 Å². The third kappa shape index (κ3) is 6.09. The summed E-state index contributed by atoms with van der Waals surface area (Å²) in [6.45, 7) is 5.45. The fourth-order valence-corrected chi connectivity index (χ4v) is 4.18. The van der Waals surface area contributed by atoms with Gasteiger partial charge in [0.05, 0.1) is 23.1 Å². The second-order valence-electron chi connectivity index (χ2n) is 7.56. The van der Waals surface area contributed by atoms with Crippen LogP contribution in [0.1, 0.15) is 31.4 Å². The first-order valence-electron chi connectivity index (χ1n) is 10.4. The molecule has 0 radical (unpaired) electrons. The van der Waals surface area contributed by atoms with Crippen LogP contribution < -0.4 is 14.8 Å². The van der Waals surface area contributed by atoms with E-state index in [9.17, 15) is 14.4 Å². The van der Waals surface area contributed by atoms with Gasteiger partial charge in [0, 0.05) is 5.69 Å². The normalized spacial score (nSPS) is 15.7. The summed E-state index contributed by atoms with van der Waals surface area (Å²) in [4.78, 5) is 38.7. The van der Waals surface area contributed by atoms with Gasteiger partial charge in [0.25, 0.3) is 11.1 Å². The number of hydrogen-bond donors (Lipinski definition) is 1. The number of ether oxygens (including phenoxy) is 2. The molecule has 2 aromatic rings. The van der Waals surface area contributed by atoms with Crippen molar-refractivity contribution in [1.82, 2.24) is 4.90 Å². The summed E-state index contributed by atoms with van der Waals surface area (Å²) in [5, 5.41) is 2.52. The van der Waals surface area contributed by atoms with Gasteiger partial charge < -0.3 is 14.8 Å². The molecule has 9 heteroatoms. The largest absolute Gasteiger partial charge is 0.493 e. The smallest absolute Gasteiger partial charge is 0.294 e. The van der Waals surface area contributed by atoms with Crippen molar-refractivity contribution in [2.24, 2.45) is 0 Å². The summed E-state index contributed by atoms with van der Waals surface area (Å²) < 4.78 is 11.2. The van der Waals surface area contributed by atoms with Crippen LogP contribution in [0.25, 0.3) is 6.08 Å². The standard InChI is InChI=1S/C24H25ClN2O5S/c1-5-15(3)32-22-18(25)10-16(11-19(22)31-4)12-20-23(29)27(24(30)33-20)13-21(28)26-17-8-6-7-14(2)9-17/h6-12,15H,5,13H2,1-4H3,(H,26,28). The first-order valence-corrected chi connectivity index (χ1v) is 11.6. The summed E-state index contributed by atoms with van der Waals surface area (Å²) in [5.74, 6) is -0.155. The van der Waals surface area contributed by atoms with Crippen LogP contribution in [0.5, 0.6) is 11.5 Å².